The zero-order valence-corrected chi connectivity index (χ0v) is 9.58. The Bertz CT molecular complexity index is 113. The first-order chi connectivity index (χ1) is 6.02. The number of hydrogen-bond donors (Lipinski definition) is 1. The fourth-order valence-electron chi connectivity index (χ4n) is 1.24. The molecule has 3 heteroatoms. The molecular weight excluding hydrogens is 162 g/mol. The van der Waals surface area contributed by atoms with Gasteiger partial charge in [-0.2, -0.15) is 0 Å². The average Bonchev–Trinajstić information content (AvgIpc) is 2.00. The van der Waals surface area contributed by atoms with Gasteiger partial charge in [0.15, 0.2) is 0 Å². The molecule has 0 spiro atoms. The monoisotopic (exact) mass is 187 g/mol. The summed E-state index contributed by atoms with van der Waals surface area (Å²) in [7, 11) is 8.38. The molecule has 0 bridgehead atoms. The minimum Gasteiger partial charge on any atom is -0.328 e. The van der Waals surface area contributed by atoms with Crippen molar-refractivity contribution in [2.45, 2.75) is 25.3 Å². The lowest BCUT2D eigenvalue weighted by Crippen LogP contribution is -2.27. The summed E-state index contributed by atoms with van der Waals surface area (Å²) in [4.78, 5) is 4.39. The Morgan fingerprint density at radius 2 is 1.46 bits per heavy atom. The van der Waals surface area contributed by atoms with E-state index in [0.717, 1.165) is 25.9 Å². The maximum atomic E-state index is 5.96. The molecule has 0 aromatic rings. The number of nitrogens with two attached hydrogens (primary N) is 1. The lowest BCUT2D eigenvalue weighted by atomic mass is 10.1. The van der Waals surface area contributed by atoms with Crippen LogP contribution in [-0.4, -0.2) is 57.1 Å². The molecule has 1 unspecified atom stereocenters. The van der Waals surface area contributed by atoms with Crippen molar-refractivity contribution in [3.05, 3.63) is 0 Å². The molecule has 2 N–H and O–H groups in total. The predicted molar refractivity (Wildman–Crippen MR) is 58.9 cm³/mol. The number of hydrogen-bond acceptors (Lipinski definition) is 3. The number of nitrogens with zero attached hydrogens (tertiary/aromatic N) is 2. The molecule has 0 radical (unpaired) electrons. The second-order valence-corrected chi connectivity index (χ2v) is 4.30. The van der Waals surface area contributed by atoms with Crippen LogP contribution in [0.4, 0.5) is 0 Å². The minimum atomic E-state index is 0.377. The van der Waals surface area contributed by atoms with Gasteiger partial charge in [-0.15, -0.1) is 0 Å². The summed E-state index contributed by atoms with van der Waals surface area (Å²) in [5.41, 5.74) is 5.96. The third-order valence-electron chi connectivity index (χ3n) is 2.13. The Hall–Kier alpha value is -0.120. The van der Waals surface area contributed by atoms with Crippen molar-refractivity contribution < 1.29 is 0 Å². The maximum Gasteiger partial charge on any atom is 0.00514 e. The van der Waals surface area contributed by atoms with Gasteiger partial charge in [0.2, 0.25) is 0 Å². The molecule has 0 saturated heterocycles. The fourth-order valence-corrected chi connectivity index (χ4v) is 1.24. The normalized spacial score (nSPS) is 14.1. The Balaban J connectivity index is 3.25. The summed E-state index contributed by atoms with van der Waals surface area (Å²) in [6.07, 6.45) is 3.47. The SMILES string of the molecule is CN(C)CCCC(N)CCN(C)C. The Labute approximate surface area is 82.9 Å². The van der Waals surface area contributed by atoms with Crippen molar-refractivity contribution in [1.29, 1.82) is 0 Å². The predicted octanol–water partition coefficient (Wildman–Crippen LogP) is 0.607. The van der Waals surface area contributed by atoms with Gasteiger partial charge in [-0.05, 0) is 60.5 Å². The van der Waals surface area contributed by atoms with E-state index in [9.17, 15) is 0 Å². The van der Waals surface area contributed by atoms with Gasteiger partial charge in [0.25, 0.3) is 0 Å². The summed E-state index contributed by atoms with van der Waals surface area (Å²) in [6, 6.07) is 0.377. The highest BCUT2D eigenvalue weighted by Gasteiger charge is 2.02. The third-order valence-corrected chi connectivity index (χ3v) is 2.13. The molecule has 13 heavy (non-hydrogen) atoms. The summed E-state index contributed by atoms with van der Waals surface area (Å²) < 4.78 is 0. The van der Waals surface area contributed by atoms with Crippen LogP contribution in [0.3, 0.4) is 0 Å². The summed E-state index contributed by atoms with van der Waals surface area (Å²) in [6.45, 7) is 2.25. The van der Waals surface area contributed by atoms with Gasteiger partial charge in [0, 0.05) is 6.04 Å². The molecule has 80 valence electrons. The minimum absolute atomic E-state index is 0.377. The topological polar surface area (TPSA) is 32.5 Å². The highest BCUT2D eigenvalue weighted by molar-refractivity contribution is 4.63. The van der Waals surface area contributed by atoms with Crippen LogP contribution < -0.4 is 5.73 Å². The van der Waals surface area contributed by atoms with Crippen LogP contribution in [0.15, 0.2) is 0 Å². The van der Waals surface area contributed by atoms with E-state index < -0.39 is 0 Å². The summed E-state index contributed by atoms with van der Waals surface area (Å²) in [5.74, 6) is 0. The first-order valence-electron chi connectivity index (χ1n) is 5.07. The van der Waals surface area contributed by atoms with Crippen molar-refractivity contribution in [3.63, 3.8) is 0 Å². The largest absolute Gasteiger partial charge is 0.328 e. The van der Waals surface area contributed by atoms with Crippen LogP contribution in [-0.2, 0) is 0 Å². The average molecular weight is 187 g/mol. The molecule has 0 aromatic carbocycles. The van der Waals surface area contributed by atoms with Gasteiger partial charge >= 0.3 is 0 Å². The highest BCUT2D eigenvalue weighted by atomic mass is 15.1. The van der Waals surface area contributed by atoms with E-state index in [-0.39, 0.29) is 0 Å². The van der Waals surface area contributed by atoms with Crippen LogP contribution >= 0.6 is 0 Å². The zero-order valence-electron chi connectivity index (χ0n) is 9.58. The molecule has 0 aliphatic carbocycles. The first-order valence-corrected chi connectivity index (χ1v) is 5.07. The van der Waals surface area contributed by atoms with Crippen LogP contribution in [0.5, 0.6) is 0 Å². The highest BCUT2D eigenvalue weighted by Crippen LogP contribution is 2.00. The van der Waals surface area contributed by atoms with Gasteiger partial charge in [0.1, 0.15) is 0 Å². The molecule has 0 amide bonds. The van der Waals surface area contributed by atoms with Gasteiger partial charge in [-0.1, -0.05) is 0 Å². The molecule has 0 aliphatic heterocycles. The molecule has 3 nitrogen and oxygen atoms in total. The van der Waals surface area contributed by atoms with Crippen LogP contribution in [0, 0.1) is 0 Å². The van der Waals surface area contributed by atoms with Gasteiger partial charge in [-0.25, -0.2) is 0 Å². The first kappa shape index (κ1) is 12.9. The van der Waals surface area contributed by atoms with Crippen molar-refractivity contribution in [2.24, 2.45) is 5.73 Å². The number of rotatable bonds is 7. The summed E-state index contributed by atoms with van der Waals surface area (Å²) >= 11 is 0. The van der Waals surface area contributed by atoms with Crippen LogP contribution in [0.25, 0.3) is 0 Å². The van der Waals surface area contributed by atoms with Crippen LogP contribution in [0.1, 0.15) is 19.3 Å². The Kier molecular flexibility index (Phi) is 7.23. The molecule has 0 saturated carbocycles. The molecule has 0 fully saturated rings. The van der Waals surface area contributed by atoms with E-state index in [0.29, 0.717) is 6.04 Å². The van der Waals surface area contributed by atoms with Gasteiger partial charge in [0.05, 0.1) is 0 Å². The zero-order chi connectivity index (χ0) is 10.3. The van der Waals surface area contributed by atoms with Crippen LogP contribution in [0.2, 0.25) is 0 Å². The van der Waals surface area contributed by atoms with Crippen molar-refractivity contribution in [2.75, 3.05) is 41.3 Å². The molecule has 1 atom stereocenters. The third kappa shape index (κ3) is 9.80. The second kappa shape index (κ2) is 7.30. The Morgan fingerprint density at radius 1 is 0.923 bits per heavy atom. The van der Waals surface area contributed by atoms with E-state index in [1.165, 1.54) is 6.42 Å². The second-order valence-electron chi connectivity index (χ2n) is 4.30. The van der Waals surface area contributed by atoms with E-state index in [1.807, 2.05) is 0 Å². The van der Waals surface area contributed by atoms with E-state index in [1.54, 1.807) is 0 Å². The Morgan fingerprint density at radius 3 is 1.92 bits per heavy atom. The molecule has 0 heterocycles. The fraction of sp³-hybridized carbons (Fsp3) is 1.00. The quantitative estimate of drug-likeness (QED) is 0.634. The lowest BCUT2D eigenvalue weighted by Gasteiger charge is -2.16. The molecule has 0 aliphatic rings. The van der Waals surface area contributed by atoms with E-state index in [2.05, 4.69) is 38.0 Å². The van der Waals surface area contributed by atoms with Crippen molar-refractivity contribution >= 4 is 0 Å². The standard InChI is InChI=1S/C10H25N3/c1-12(2)8-5-6-10(11)7-9-13(3)4/h10H,5-9,11H2,1-4H3. The van der Waals surface area contributed by atoms with Gasteiger partial charge < -0.3 is 15.5 Å². The molecule has 0 rings (SSSR count). The molecular formula is C10H25N3. The summed E-state index contributed by atoms with van der Waals surface area (Å²) in [5, 5.41) is 0. The van der Waals surface area contributed by atoms with Gasteiger partial charge in [-0.3, -0.25) is 0 Å². The van der Waals surface area contributed by atoms with Crippen molar-refractivity contribution in [3.8, 4) is 0 Å². The van der Waals surface area contributed by atoms with E-state index in [4.69, 9.17) is 5.73 Å². The van der Waals surface area contributed by atoms with Crippen molar-refractivity contribution in [1.82, 2.24) is 9.80 Å². The lowest BCUT2D eigenvalue weighted by molar-refractivity contribution is 0.353. The maximum absolute atomic E-state index is 5.96. The smallest absolute Gasteiger partial charge is 0.00514 e. The van der Waals surface area contributed by atoms with E-state index >= 15 is 0 Å². The molecule has 0 aromatic heterocycles.